The molecule has 0 aliphatic heterocycles. The molecule has 1 fully saturated rings. The molecule has 3 N–H and O–H groups in total. The van der Waals surface area contributed by atoms with Crippen LogP contribution < -0.4 is 11.3 Å². The number of hydrazine groups is 1. The minimum absolute atomic E-state index is 0.726. The number of rotatable bonds is 3. The molecular weight excluding hydrogens is 218 g/mol. The van der Waals surface area contributed by atoms with Crippen LogP contribution in [0.15, 0.2) is 23.2 Å². The maximum absolute atomic E-state index is 5.35. The number of hydrogen-bond donors (Lipinski definition) is 2. The largest absolute Gasteiger partial charge is 0.308 e. The van der Waals surface area contributed by atoms with Gasteiger partial charge in [0.05, 0.1) is 5.03 Å². The molecule has 0 aromatic carbocycles. The van der Waals surface area contributed by atoms with Gasteiger partial charge in [0.2, 0.25) is 0 Å². The van der Waals surface area contributed by atoms with Gasteiger partial charge in [0.25, 0.3) is 0 Å². The molecule has 0 bridgehead atoms. The van der Waals surface area contributed by atoms with Crippen LogP contribution in [-0.4, -0.2) is 10.2 Å². The van der Waals surface area contributed by atoms with E-state index in [9.17, 15) is 0 Å². The second kappa shape index (κ2) is 5.55. The molecule has 4 heteroatoms. The molecular formula is C12H19N3S. The number of nitrogens with two attached hydrogens (primary N) is 1. The molecule has 0 radical (unpaired) electrons. The number of hydrogen-bond acceptors (Lipinski definition) is 4. The lowest BCUT2D eigenvalue weighted by Gasteiger charge is -2.25. The van der Waals surface area contributed by atoms with Crippen molar-refractivity contribution >= 4 is 17.6 Å². The van der Waals surface area contributed by atoms with E-state index >= 15 is 0 Å². The van der Waals surface area contributed by atoms with Crippen molar-refractivity contribution in [3.8, 4) is 0 Å². The van der Waals surface area contributed by atoms with Crippen molar-refractivity contribution in [3.63, 3.8) is 0 Å². The molecule has 1 aromatic rings. The molecule has 0 saturated heterocycles. The lowest BCUT2D eigenvalue weighted by Crippen LogP contribution is -2.15. The van der Waals surface area contributed by atoms with Gasteiger partial charge < -0.3 is 5.43 Å². The summed E-state index contributed by atoms with van der Waals surface area (Å²) >= 11 is 1.89. The van der Waals surface area contributed by atoms with Crippen LogP contribution in [0.1, 0.15) is 32.6 Å². The molecule has 3 nitrogen and oxygen atoms in total. The highest BCUT2D eigenvalue weighted by atomic mass is 32.2. The van der Waals surface area contributed by atoms with Gasteiger partial charge in [-0.05, 0) is 30.9 Å². The molecule has 1 aliphatic rings. The van der Waals surface area contributed by atoms with Gasteiger partial charge in [0.1, 0.15) is 5.82 Å². The fraction of sp³-hybridized carbons (Fsp3) is 0.583. The van der Waals surface area contributed by atoms with Gasteiger partial charge in [0.15, 0.2) is 0 Å². The van der Waals surface area contributed by atoms with E-state index in [1.165, 1.54) is 25.7 Å². The zero-order valence-electron chi connectivity index (χ0n) is 9.65. The van der Waals surface area contributed by atoms with Gasteiger partial charge in [-0.3, -0.25) is 0 Å². The molecule has 2 rings (SSSR count). The van der Waals surface area contributed by atoms with Gasteiger partial charge in [-0.15, -0.1) is 11.8 Å². The third-order valence-electron chi connectivity index (χ3n) is 3.05. The van der Waals surface area contributed by atoms with Crippen LogP contribution in [0, 0.1) is 5.92 Å². The quantitative estimate of drug-likeness (QED) is 0.626. The van der Waals surface area contributed by atoms with Crippen LogP contribution in [0.5, 0.6) is 0 Å². The zero-order valence-corrected chi connectivity index (χ0v) is 10.5. The normalized spacial score (nSPS) is 25.4. The first kappa shape index (κ1) is 11.7. The Labute approximate surface area is 101 Å². The summed E-state index contributed by atoms with van der Waals surface area (Å²) in [5.74, 6) is 6.96. The molecule has 2 unspecified atom stereocenters. The number of nitrogens with one attached hydrogen (secondary N) is 1. The smallest absolute Gasteiger partial charge is 0.141 e. The van der Waals surface area contributed by atoms with Gasteiger partial charge in [-0.2, -0.15) is 0 Å². The van der Waals surface area contributed by atoms with Crippen molar-refractivity contribution in [2.24, 2.45) is 11.8 Å². The monoisotopic (exact) mass is 237 g/mol. The summed E-state index contributed by atoms with van der Waals surface area (Å²) in [6.07, 6.45) is 5.37. The van der Waals surface area contributed by atoms with E-state index in [1.54, 1.807) is 0 Å². The van der Waals surface area contributed by atoms with Crippen molar-refractivity contribution in [1.82, 2.24) is 4.98 Å². The van der Waals surface area contributed by atoms with Crippen molar-refractivity contribution in [2.75, 3.05) is 5.43 Å². The third kappa shape index (κ3) is 3.12. The summed E-state index contributed by atoms with van der Waals surface area (Å²) in [4.78, 5) is 4.44. The van der Waals surface area contributed by atoms with E-state index in [1.807, 2.05) is 23.9 Å². The summed E-state index contributed by atoms with van der Waals surface area (Å²) < 4.78 is 0. The van der Waals surface area contributed by atoms with Gasteiger partial charge in [-0.25, -0.2) is 10.8 Å². The van der Waals surface area contributed by atoms with Crippen LogP contribution in [0.4, 0.5) is 5.82 Å². The number of nitrogen functional groups attached to an aromatic ring is 1. The van der Waals surface area contributed by atoms with Crippen LogP contribution >= 0.6 is 11.8 Å². The van der Waals surface area contributed by atoms with Crippen LogP contribution in [0.3, 0.4) is 0 Å². The number of pyridine rings is 1. The first-order chi connectivity index (χ1) is 7.78. The van der Waals surface area contributed by atoms with Crippen LogP contribution in [0.2, 0.25) is 0 Å². The number of aromatic nitrogens is 1. The average molecular weight is 237 g/mol. The fourth-order valence-electron chi connectivity index (χ4n) is 2.22. The van der Waals surface area contributed by atoms with Crippen molar-refractivity contribution < 1.29 is 0 Å². The van der Waals surface area contributed by atoms with E-state index in [0.29, 0.717) is 0 Å². The van der Waals surface area contributed by atoms with Gasteiger partial charge in [0, 0.05) is 5.25 Å². The van der Waals surface area contributed by atoms with E-state index in [4.69, 9.17) is 5.84 Å². The summed E-state index contributed by atoms with van der Waals surface area (Å²) in [5.41, 5.74) is 2.59. The lowest BCUT2D eigenvalue weighted by atomic mass is 9.91. The summed E-state index contributed by atoms with van der Waals surface area (Å²) in [5, 5.41) is 1.80. The Bertz CT molecular complexity index is 343. The first-order valence-electron chi connectivity index (χ1n) is 5.88. The second-order valence-corrected chi connectivity index (χ2v) is 5.84. The first-order valence-corrected chi connectivity index (χ1v) is 6.76. The predicted molar refractivity (Wildman–Crippen MR) is 69.3 cm³/mol. The molecule has 0 spiro atoms. The SMILES string of the molecule is CC1CCCC(Sc2cccc(NN)n2)C1. The summed E-state index contributed by atoms with van der Waals surface area (Å²) in [6.45, 7) is 2.35. The molecule has 1 aliphatic carbocycles. The standard InChI is InChI=1S/C12H19N3S/c1-9-4-2-5-10(8-9)16-12-7-3-6-11(14-12)15-13/h3,6-7,9-10H,2,4-5,8,13H2,1H3,(H,14,15). The minimum Gasteiger partial charge on any atom is -0.308 e. The zero-order chi connectivity index (χ0) is 11.4. The van der Waals surface area contributed by atoms with Crippen molar-refractivity contribution in [2.45, 2.75) is 42.9 Å². The van der Waals surface area contributed by atoms with E-state index in [0.717, 1.165) is 22.0 Å². The topological polar surface area (TPSA) is 50.9 Å². The fourth-order valence-corrected chi connectivity index (χ4v) is 3.58. The van der Waals surface area contributed by atoms with E-state index in [2.05, 4.69) is 23.4 Å². The lowest BCUT2D eigenvalue weighted by molar-refractivity contribution is 0.394. The molecule has 2 atom stereocenters. The maximum Gasteiger partial charge on any atom is 0.141 e. The molecule has 1 aromatic heterocycles. The van der Waals surface area contributed by atoms with E-state index < -0.39 is 0 Å². The van der Waals surface area contributed by atoms with Crippen molar-refractivity contribution in [1.29, 1.82) is 0 Å². The highest BCUT2D eigenvalue weighted by molar-refractivity contribution is 7.99. The van der Waals surface area contributed by atoms with Crippen LogP contribution in [0.25, 0.3) is 0 Å². The Morgan fingerprint density at radius 2 is 2.31 bits per heavy atom. The highest BCUT2D eigenvalue weighted by Crippen LogP contribution is 2.35. The third-order valence-corrected chi connectivity index (χ3v) is 4.28. The van der Waals surface area contributed by atoms with E-state index in [-0.39, 0.29) is 0 Å². The number of anilines is 1. The molecule has 1 heterocycles. The van der Waals surface area contributed by atoms with Gasteiger partial charge in [-0.1, -0.05) is 25.8 Å². The predicted octanol–water partition coefficient (Wildman–Crippen LogP) is 3.04. The summed E-state index contributed by atoms with van der Waals surface area (Å²) in [7, 11) is 0. The molecule has 88 valence electrons. The Kier molecular flexibility index (Phi) is 4.07. The molecule has 16 heavy (non-hydrogen) atoms. The average Bonchev–Trinajstić information content (AvgIpc) is 2.29. The minimum atomic E-state index is 0.726. The molecule has 0 amide bonds. The van der Waals surface area contributed by atoms with Crippen molar-refractivity contribution in [3.05, 3.63) is 18.2 Å². The number of thioether (sulfide) groups is 1. The Hall–Kier alpha value is -0.740. The van der Waals surface area contributed by atoms with Gasteiger partial charge >= 0.3 is 0 Å². The Morgan fingerprint density at radius 3 is 3.06 bits per heavy atom. The Morgan fingerprint density at radius 1 is 1.44 bits per heavy atom. The maximum atomic E-state index is 5.35. The summed E-state index contributed by atoms with van der Waals surface area (Å²) in [6, 6.07) is 5.94. The molecule has 1 saturated carbocycles. The second-order valence-electron chi connectivity index (χ2n) is 4.52. The van der Waals surface area contributed by atoms with Crippen LogP contribution in [-0.2, 0) is 0 Å². The number of nitrogens with zero attached hydrogens (tertiary/aromatic N) is 1. The highest BCUT2D eigenvalue weighted by Gasteiger charge is 2.20. The Balaban J connectivity index is 1.97.